The van der Waals surface area contributed by atoms with Crippen molar-refractivity contribution >= 4 is 0 Å². The Kier molecular flexibility index (Phi) is 5.05. The number of rotatable bonds is 7. The Labute approximate surface area is 113 Å². The van der Waals surface area contributed by atoms with Gasteiger partial charge in [0, 0.05) is 18.6 Å². The van der Waals surface area contributed by atoms with Crippen LogP contribution in [0.3, 0.4) is 0 Å². The molecule has 2 rings (SSSR count). The fourth-order valence-corrected chi connectivity index (χ4v) is 3.43. The zero-order chi connectivity index (χ0) is 13.0. The Morgan fingerprint density at radius 2 is 1.89 bits per heavy atom. The Balaban J connectivity index is 1.92. The Morgan fingerprint density at radius 3 is 2.33 bits per heavy atom. The lowest BCUT2D eigenvalue weighted by Gasteiger charge is -2.48. The molecule has 106 valence electrons. The van der Waals surface area contributed by atoms with Crippen LogP contribution in [0.4, 0.5) is 0 Å². The van der Waals surface area contributed by atoms with Gasteiger partial charge in [-0.1, -0.05) is 13.8 Å². The Hall–Kier alpha value is -0.120. The summed E-state index contributed by atoms with van der Waals surface area (Å²) in [6, 6.07) is 0. The highest BCUT2D eigenvalue weighted by molar-refractivity contribution is 4.97. The third-order valence-electron chi connectivity index (χ3n) is 4.93. The molecule has 0 unspecified atom stereocenters. The minimum absolute atomic E-state index is 0.307. The minimum Gasteiger partial charge on any atom is -0.329 e. The van der Waals surface area contributed by atoms with Crippen molar-refractivity contribution < 1.29 is 0 Å². The molecule has 3 nitrogen and oxygen atoms in total. The third kappa shape index (κ3) is 3.25. The van der Waals surface area contributed by atoms with Gasteiger partial charge in [0.1, 0.15) is 0 Å². The van der Waals surface area contributed by atoms with Gasteiger partial charge in [0.15, 0.2) is 0 Å². The van der Waals surface area contributed by atoms with Gasteiger partial charge in [0.2, 0.25) is 0 Å². The van der Waals surface area contributed by atoms with Gasteiger partial charge in [0.05, 0.1) is 0 Å². The predicted molar refractivity (Wildman–Crippen MR) is 77.7 cm³/mol. The van der Waals surface area contributed by atoms with Crippen LogP contribution >= 0.6 is 0 Å². The van der Waals surface area contributed by atoms with Crippen LogP contribution in [0.25, 0.3) is 0 Å². The van der Waals surface area contributed by atoms with E-state index in [0.29, 0.717) is 5.54 Å². The Morgan fingerprint density at radius 1 is 1.22 bits per heavy atom. The standard InChI is InChI=1S/C15H31N3/c1-3-9-17-10-7-15(13-16,8-11-17)18(4-2)12-14-5-6-14/h14H,3-13,16H2,1-2H3. The lowest BCUT2D eigenvalue weighted by molar-refractivity contribution is 0.0270. The summed E-state index contributed by atoms with van der Waals surface area (Å²) in [5.41, 5.74) is 6.48. The predicted octanol–water partition coefficient (Wildman–Crippen LogP) is 1.92. The number of likely N-dealkylation sites (N-methyl/N-ethyl adjacent to an activating group) is 1. The molecule has 2 fully saturated rings. The van der Waals surface area contributed by atoms with Gasteiger partial charge >= 0.3 is 0 Å². The molecule has 0 spiro atoms. The van der Waals surface area contributed by atoms with Crippen LogP contribution in [0.1, 0.15) is 46.0 Å². The topological polar surface area (TPSA) is 32.5 Å². The van der Waals surface area contributed by atoms with Crippen LogP contribution in [-0.4, -0.2) is 54.6 Å². The fourth-order valence-electron chi connectivity index (χ4n) is 3.43. The average Bonchev–Trinajstić information content (AvgIpc) is 3.22. The van der Waals surface area contributed by atoms with E-state index in [2.05, 4.69) is 23.6 Å². The molecule has 2 N–H and O–H groups in total. The second-order valence-corrected chi connectivity index (χ2v) is 6.25. The molecule has 1 saturated carbocycles. The lowest BCUT2D eigenvalue weighted by atomic mass is 9.85. The van der Waals surface area contributed by atoms with E-state index in [4.69, 9.17) is 5.73 Å². The number of likely N-dealkylation sites (tertiary alicyclic amines) is 1. The SMILES string of the molecule is CCCN1CCC(CN)(N(CC)CC2CC2)CC1. The van der Waals surface area contributed by atoms with Gasteiger partial charge in [-0.05, 0) is 64.2 Å². The number of hydrogen-bond acceptors (Lipinski definition) is 3. The molecule has 0 amide bonds. The summed E-state index contributed by atoms with van der Waals surface area (Å²) < 4.78 is 0. The quantitative estimate of drug-likeness (QED) is 0.752. The second kappa shape index (κ2) is 6.36. The van der Waals surface area contributed by atoms with E-state index in [1.165, 1.54) is 64.8 Å². The molecule has 0 aromatic heterocycles. The van der Waals surface area contributed by atoms with Crippen LogP contribution in [0.15, 0.2) is 0 Å². The summed E-state index contributed by atoms with van der Waals surface area (Å²) in [4.78, 5) is 5.31. The molecule has 2 aliphatic rings. The van der Waals surface area contributed by atoms with Gasteiger partial charge in [-0.2, -0.15) is 0 Å². The van der Waals surface area contributed by atoms with E-state index in [1.807, 2.05) is 0 Å². The van der Waals surface area contributed by atoms with Crippen molar-refractivity contribution in [1.29, 1.82) is 0 Å². The van der Waals surface area contributed by atoms with E-state index >= 15 is 0 Å². The Bertz CT molecular complexity index is 242. The van der Waals surface area contributed by atoms with E-state index in [9.17, 15) is 0 Å². The van der Waals surface area contributed by atoms with E-state index in [1.54, 1.807) is 0 Å². The number of hydrogen-bond donors (Lipinski definition) is 1. The summed E-state index contributed by atoms with van der Waals surface area (Å²) in [5, 5.41) is 0. The van der Waals surface area contributed by atoms with Gasteiger partial charge in [-0.3, -0.25) is 4.90 Å². The monoisotopic (exact) mass is 253 g/mol. The van der Waals surface area contributed by atoms with Gasteiger partial charge < -0.3 is 10.6 Å². The number of piperidine rings is 1. The van der Waals surface area contributed by atoms with Crippen LogP contribution in [0.5, 0.6) is 0 Å². The van der Waals surface area contributed by atoms with Crippen molar-refractivity contribution in [3.05, 3.63) is 0 Å². The maximum absolute atomic E-state index is 6.17. The van der Waals surface area contributed by atoms with E-state index in [0.717, 1.165) is 12.5 Å². The normalized spacial score (nSPS) is 24.7. The maximum Gasteiger partial charge on any atom is 0.0356 e. The molecular weight excluding hydrogens is 222 g/mol. The lowest BCUT2D eigenvalue weighted by Crippen LogP contribution is -2.59. The molecule has 0 aromatic rings. The summed E-state index contributed by atoms with van der Waals surface area (Å²) in [5.74, 6) is 0.974. The van der Waals surface area contributed by atoms with Crippen LogP contribution in [0, 0.1) is 5.92 Å². The van der Waals surface area contributed by atoms with Gasteiger partial charge in [0.25, 0.3) is 0 Å². The van der Waals surface area contributed by atoms with Crippen molar-refractivity contribution in [2.45, 2.75) is 51.5 Å². The summed E-state index contributed by atoms with van der Waals surface area (Å²) >= 11 is 0. The third-order valence-corrected chi connectivity index (χ3v) is 4.93. The van der Waals surface area contributed by atoms with Crippen LogP contribution in [0.2, 0.25) is 0 Å². The van der Waals surface area contributed by atoms with E-state index in [-0.39, 0.29) is 0 Å². The van der Waals surface area contributed by atoms with Gasteiger partial charge in [-0.15, -0.1) is 0 Å². The van der Waals surface area contributed by atoms with Gasteiger partial charge in [-0.25, -0.2) is 0 Å². The maximum atomic E-state index is 6.17. The first-order valence-corrected chi connectivity index (χ1v) is 7.91. The van der Waals surface area contributed by atoms with Crippen molar-refractivity contribution in [2.24, 2.45) is 11.7 Å². The first kappa shape index (κ1) is 14.3. The molecule has 0 aromatic carbocycles. The molecule has 1 aliphatic heterocycles. The number of nitrogens with zero attached hydrogens (tertiary/aromatic N) is 2. The van der Waals surface area contributed by atoms with Crippen molar-refractivity contribution in [2.75, 3.05) is 39.3 Å². The zero-order valence-electron chi connectivity index (χ0n) is 12.3. The highest BCUT2D eigenvalue weighted by Crippen LogP contribution is 2.35. The van der Waals surface area contributed by atoms with Crippen LogP contribution < -0.4 is 5.73 Å². The molecule has 0 bridgehead atoms. The molecule has 18 heavy (non-hydrogen) atoms. The average molecular weight is 253 g/mol. The highest BCUT2D eigenvalue weighted by Gasteiger charge is 2.39. The summed E-state index contributed by atoms with van der Waals surface area (Å²) in [6.45, 7) is 11.6. The zero-order valence-corrected chi connectivity index (χ0v) is 12.3. The second-order valence-electron chi connectivity index (χ2n) is 6.25. The number of nitrogens with two attached hydrogens (primary N) is 1. The highest BCUT2D eigenvalue weighted by atomic mass is 15.2. The molecule has 1 heterocycles. The first-order valence-electron chi connectivity index (χ1n) is 7.91. The molecule has 0 atom stereocenters. The van der Waals surface area contributed by atoms with E-state index < -0.39 is 0 Å². The fraction of sp³-hybridized carbons (Fsp3) is 1.00. The first-order chi connectivity index (χ1) is 8.74. The molecule has 0 radical (unpaired) electrons. The molecular formula is C15H31N3. The molecule has 1 saturated heterocycles. The van der Waals surface area contributed by atoms with Crippen molar-refractivity contribution in [3.8, 4) is 0 Å². The van der Waals surface area contributed by atoms with Crippen molar-refractivity contribution in [1.82, 2.24) is 9.80 Å². The minimum atomic E-state index is 0.307. The largest absolute Gasteiger partial charge is 0.329 e. The molecule has 3 heteroatoms. The van der Waals surface area contributed by atoms with Crippen molar-refractivity contribution in [3.63, 3.8) is 0 Å². The smallest absolute Gasteiger partial charge is 0.0356 e. The van der Waals surface area contributed by atoms with Crippen LogP contribution in [-0.2, 0) is 0 Å². The molecule has 1 aliphatic carbocycles. The summed E-state index contributed by atoms with van der Waals surface area (Å²) in [6.07, 6.45) is 6.70. The summed E-state index contributed by atoms with van der Waals surface area (Å²) in [7, 11) is 0.